The summed E-state index contributed by atoms with van der Waals surface area (Å²) in [6.45, 7) is 4.92. The van der Waals surface area contributed by atoms with E-state index in [0.717, 1.165) is 19.4 Å². The molecule has 1 aliphatic rings. The van der Waals surface area contributed by atoms with Gasteiger partial charge in [-0.2, -0.15) is 0 Å². The van der Waals surface area contributed by atoms with Gasteiger partial charge in [0.15, 0.2) is 0 Å². The van der Waals surface area contributed by atoms with Gasteiger partial charge in [-0.25, -0.2) is 0 Å². The van der Waals surface area contributed by atoms with Gasteiger partial charge in [0, 0.05) is 12.0 Å². The van der Waals surface area contributed by atoms with Gasteiger partial charge in [-0.1, -0.05) is 13.8 Å². The van der Waals surface area contributed by atoms with Crippen LogP contribution < -0.4 is 11.1 Å². The fourth-order valence-corrected chi connectivity index (χ4v) is 1.70. The summed E-state index contributed by atoms with van der Waals surface area (Å²) in [5, 5.41) is 2.80. The molecule has 1 saturated heterocycles. The van der Waals surface area contributed by atoms with Crippen molar-refractivity contribution < 1.29 is 4.79 Å². The Hall–Kier alpha value is -0.570. The van der Waals surface area contributed by atoms with E-state index in [1.807, 2.05) is 0 Å². The lowest BCUT2D eigenvalue weighted by Crippen LogP contribution is -2.42. The third kappa shape index (κ3) is 1.13. The predicted octanol–water partition coefficient (Wildman–Crippen LogP) is 0.250. The van der Waals surface area contributed by atoms with Crippen LogP contribution in [0.4, 0.5) is 0 Å². The van der Waals surface area contributed by atoms with Crippen LogP contribution >= 0.6 is 0 Å². The Morgan fingerprint density at radius 2 is 2.18 bits per heavy atom. The highest BCUT2D eigenvalue weighted by atomic mass is 16.2. The maximum Gasteiger partial charge on any atom is 0.237 e. The molecule has 0 unspecified atom stereocenters. The number of nitrogens with two attached hydrogens (primary N) is 1. The second-order valence-corrected chi connectivity index (χ2v) is 3.26. The zero-order chi connectivity index (χ0) is 8.48. The highest BCUT2D eigenvalue weighted by molar-refractivity contribution is 5.85. The van der Waals surface area contributed by atoms with Gasteiger partial charge >= 0.3 is 0 Å². The summed E-state index contributed by atoms with van der Waals surface area (Å²) in [6.07, 6.45) is 1.95. The van der Waals surface area contributed by atoms with Crippen LogP contribution in [0.3, 0.4) is 0 Å². The minimum absolute atomic E-state index is 0.00806. The first-order chi connectivity index (χ1) is 5.16. The molecule has 0 saturated carbocycles. The Morgan fingerprint density at radius 1 is 1.64 bits per heavy atom. The van der Waals surface area contributed by atoms with Gasteiger partial charge in [-0.15, -0.1) is 0 Å². The van der Waals surface area contributed by atoms with Crippen LogP contribution in [0.1, 0.15) is 26.7 Å². The van der Waals surface area contributed by atoms with Crippen molar-refractivity contribution in [1.29, 1.82) is 0 Å². The fourth-order valence-electron chi connectivity index (χ4n) is 1.70. The summed E-state index contributed by atoms with van der Waals surface area (Å²) in [4.78, 5) is 11.1. The lowest BCUT2D eigenvalue weighted by molar-refractivity contribution is -0.121. The van der Waals surface area contributed by atoms with Crippen molar-refractivity contribution in [2.45, 2.75) is 32.7 Å². The zero-order valence-electron chi connectivity index (χ0n) is 7.18. The highest BCUT2D eigenvalue weighted by Crippen LogP contribution is 2.32. The van der Waals surface area contributed by atoms with Crippen LogP contribution in [0.5, 0.6) is 0 Å². The van der Waals surface area contributed by atoms with Crippen molar-refractivity contribution in [3.63, 3.8) is 0 Å². The molecule has 3 N–H and O–H groups in total. The molecule has 0 aromatic rings. The minimum Gasteiger partial charge on any atom is -0.354 e. The highest BCUT2D eigenvalue weighted by Gasteiger charge is 2.43. The molecule has 1 fully saturated rings. The summed E-state index contributed by atoms with van der Waals surface area (Å²) in [7, 11) is 0. The number of carbonyl (C=O) groups is 1. The molecule has 0 aromatic heterocycles. The van der Waals surface area contributed by atoms with E-state index in [4.69, 9.17) is 5.73 Å². The molecule has 0 radical (unpaired) electrons. The summed E-state index contributed by atoms with van der Waals surface area (Å²) < 4.78 is 0. The largest absolute Gasteiger partial charge is 0.354 e. The average Bonchev–Trinajstić information content (AvgIpc) is 2.32. The Balaban J connectivity index is 2.77. The molecule has 0 spiro atoms. The van der Waals surface area contributed by atoms with E-state index in [-0.39, 0.29) is 17.4 Å². The third-order valence-corrected chi connectivity index (χ3v) is 2.97. The van der Waals surface area contributed by atoms with E-state index < -0.39 is 0 Å². The number of carbonyl (C=O) groups excluding carboxylic acids is 1. The second-order valence-electron chi connectivity index (χ2n) is 3.26. The van der Waals surface area contributed by atoms with Gasteiger partial charge in [0.25, 0.3) is 0 Å². The first-order valence-corrected chi connectivity index (χ1v) is 4.19. The molecule has 64 valence electrons. The summed E-state index contributed by atoms with van der Waals surface area (Å²) >= 11 is 0. The second kappa shape index (κ2) is 2.81. The Morgan fingerprint density at radius 3 is 2.36 bits per heavy atom. The molecule has 1 rings (SSSR count). The summed E-state index contributed by atoms with van der Waals surface area (Å²) in [5.41, 5.74) is 5.79. The normalized spacial score (nSPS) is 28.6. The molecule has 0 bridgehead atoms. The van der Waals surface area contributed by atoms with E-state index in [0.29, 0.717) is 0 Å². The number of hydrogen-bond donors (Lipinski definition) is 2. The molecule has 3 heteroatoms. The zero-order valence-corrected chi connectivity index (χ0v) is 7.18. The molecule has 0 aliphatic carbocycles. The van der Waals surface area contributed by atoms with E-state index in [9.17, 15) is 4.79 Å². The molecular formula is C8H16N2O. The van der Waals surface area contributed by atoms with Gasteiger partial charge in [-0.05, 0) is 12.8 Å². The smallest absolute Gasteiger partial charge is 0.237 e. The molecular weight excluding hydrogens is 140 g/mol. The van der Waals surface area contributed by atoms with Gasteiger partial charge in [0.05, 0.1) is 6.04 Å². The maximum absolute atomic E-state index is 11.1. The van der Waals surface area contributed by atoms with Crippen LogP contribution in [0.25, 0.3) is 0 Å². The SMILES string of the molecule is CCC1(CC)CNC(=O)[C@@H]1N. The number of amides is 1. The predicted molar refractivity (Wildman–Crippen MR) is 44.0 cm³/mol. The van der Waals surface area contributed by atoms with E-state index in [2.05, 4.69) is 19.2 Å². The van der Waals surface area contributed by atoms with Crippen LogP contribution in [0, 0.1) is 5.41 Å². The van der Waals surface area contributed by atoms with Gasteiger partial charge in [0.1, 0.15) is 0 Å². The van der Waals surface area contributed by atoms with Crippen molar-refractivity contribution in [3.05, 3.63) is 0 Å². The summed E-state index contributed by atoms with van der Waals surface area (Å²) in [5.74, 6) is 0.00806. The Labute approximate surface area is 67.3 Å². The first kappa shape index (κ1) is 8.53. The lowest BCUT2D eigenvalue weighted by atomic mass is 9.78. The Kier molecular flexibility index (Phi) is 2.18. The van der Waals surface area contributed by atoms with Crippen molar-refractivity contribution in [2.24, 2.45) is 11.1 Å². The number of nitrogens with one attached hydrogen (secondary N) is 1. The van der Waals surface area contributed by atoms with E-state index >= 15 is 0 Å². The van der Waals surface area contributed by atoms with Crippen molar-refractivity contribution >= 4 is 5.91 Å². The average molecular weight is 156 g/mol. The number of hydrogen-bond acceptors (Lipinski definition) is 2. The lowest BCUT2D eigenvalue weighted by Gasteiger charge is -2.27. The maximum atomic E-state index is 11.1. The van der Waals surface area contributed by atoms with E-state index in [1.165, 1.54) is 0 Å². The van der Waals surface area contributed by atoms with Crippen LogP contribution in [0.15, 0.2) is 0 Å². The third-order valence-electron chi connectivity index (χ3n) is 2.97. The molecule has 1 aliphatic heterocycles. The van der Waals surface area contributed by atoms with Crippen molar-refractivity contribution in [2.75, 3.05) is 6.54 Å². The standard InChI is InChI=1S/C8H16N2O/c1-3-8(4-2)5-10-7(11)6(8)9/h6H,3-5,9H2,1-2H3,(H,10,11)/t6-/m0/s1. The first-order valence-electron chi connectivity index (χ1n) is 4.19. The minimum atomic E-state index is -0.294. The van der Waals surface area contributed by atoms with Crippen molar-refractivity contribution in [1.82, 2.24) is 5.32 Å². The monoisotopic (exact) mass is 156 g/mol. The van der Waals surface area contributed by atoms with Crippen LogP contribution in [-0.4, -0.2) is 18.5 Å². The molecule has 1 heterocycles. The number of rotatable bonds is 2. The fraction of sp³-hybridized carbons (Fsp3) is 0.875. The Bertz CT molecular complexity index is 163. The van der Waals surface area contributed by atoms with Crippen LogP contribution in [0.2, 0.25) is 0 Å². The quantitative estimate of drug-likeness (QED) is 0.602. The molecule has 0 aromatic carbocycles. The molecule has 1 amide bonds. The molecule has 1 atom stereocenters. The molecule has 11 heavy (non-hydrogen) atoms. The summed E-state index contributed by atoms with van der Waals surface area (Å²) in [6, 6.07) is -0.294. The molecule has 3 nitrogen and oxygen atoms in total. The van der Waals surface area contributed by atoms with Gasteiger partial charge in [0.2, 0.25) is 5.91 Å². The van der Waals surface area contributed by atoms with Gasteiger partial charge in [-0.3, -0.25) is 4.79 Å². The van der Waals surface area contributed by atoms with E-state index in [1.54, 1.807) is 0 Å². The topological polar surface area (TPSA) is 55.1 Å². The van der Waals surface area contributed by atoms with Crippen LogP contribution in [-0.2, 0) is 4.79 Å². The van der Waals surface area contributed by atoms with Crippen molar-refractivity contribution in [3.8, 4) is 0 Å². The van der Waals surface area contributed by atoms with Gasteiger partial charge < -0.3 is 11.1 Å².